The number of rotatable bonds is 0. The number of thioether (sulfide) groups is 1. The number of aliphatic hydroxyl groups is 1. The zero-order valence-electron chi connectivity index (χ0n) is 3.53. The molecule has 0 spiro atoms. The Hall–Kier alpha value is -0.350. The minimum Gasteiger partial charge on any atom is -0.493 e. The third-order valence-corrected chi connectivity index (χ3v) is 1.42. The van der Waals surface area contributed by atoms with E-state index < -0.39 is 0 Å². The highest BCUT2D eigenvalue weighted by Crippen LogP contribution is 2.17. The largest absolute Gasteiger partial charge is 0.493 e. The zero-order valence-corrected chi connectivity index (χ0v) is 4.35. The fourth-order valence-electron chi connectivity index (χ4n) is 0.309. The van der Waals surface area contributed by atoms with Crippen molar-refractivity contribution in [3.8, 4) is 0 Å². The molecular weight excluding hydrogens is 114 g/mol. The minimum absolute atomic E-state index is 0.0648. The van der Waals surface area contributed by atoms with E-state index >= 15 is 0 Å². The molecule has 40 valence electrons. The van der Waals surface area contributed by atoms with Crippen molar-refractivity contribution in [3.63, 3.8) is 0 Å². The van der Waals surface area contributed by atoms with Crippen molar-refractivity contribution < 1.29 is 10.3 Å². The summed E-state index contributed by atoms with van der Waals surface area (Å²) in [5, 5.41) is 19.3. The summed E-state index contributed by atoms with van der Waals surface area (Å²) in [6.45, 7) is 0. The Bertz CT molecular complexity index is 103. The highest BCUT2D eigenvalue weighted by Gasteiger charge is 2.09. The molecule has 0 saturated heterocycles. The lowest BCUT2D eigenvalue weighted by Crippen LogP contribution is -2.11. The Balaban J connectivity index is 2.54. The van der Waals surface area contributed by atoms with Crippen molar-refractivity contribution in [2.75, 3.05) is 5.88 Å². The summed E-state index contributed by atoms with van der Waals surface area (Å²) in [5.74, 6) is 0.372. The molecule has 0 aromatic heterocycles. The van der Waals surface area contributed by atoms with Gasteiger partial charge in [0.2, 0.25) is 5.88 Å². The number of hydrogen-bond acceptors (Lipinski definition) is 4. The van der Waals surface area contributed by atoms with Gasteiger partial charge in [-0.1, -0.05) is 0 Å². The lowest BCUT2D eigenvalue weighted by Gasteiger charge is -2.04. The third kappa shape index (κ3) is 0.808. The summed E-state index contributed by atoms with van der Waals surface area (Å²) < 4.78 is 0. The van der Waals surface area contributed by atoms with Crippen LogP contribution < -0.4 is 0 Å². The Morgan fingerprint density at radius 3 is 2.71 bits per heavy atom. The van der Waals surface area contributed by atoms with Gasteiger partial charge in [-0.05, 0) is 0 Å². The number of hydroxylamine groups is 2. The quantitative estimate of drug-likeness (QED) is 0.493. The maximum absolute atomic E-state index is 8.51. The molecule has 0 bridgehead atoms. The van der Waals surface area contributed by atoms with E-state index in [-0.39, 0.29) is 5.88 Å². The smallest absolute Gasteiger partial charge is 0.218 e. The minimum atomic E-state index is -0.0648. The van der Waals surface area contributed by atoms with Gasteiger partial charge < -0.3 is 5.11 Å². The SMILES string of the molecule is OC1=CSCN1O. The third-order valence-electron chi connectivity index (χ3n) is 0.650. The molecule has 2 N–H and O–H groups in total. The average molecular weight is 119 g/mol. The Morgan fingerprint density at radius 2 is 2.57 bits per heavy atom. The molecule has 1 aliphatic rings. The first kappa shape index (κ1) is 4.80. The van der Waals surface area contributed by atoms with E-state index in [4.69, 9.17) is 10.3 Å². The van der Waals surface area contributed by atoms with Gasteiger partial charge in [0.15, 0.2) is 0 Å². The van der Waals surface area contributed by atoms with E-state index in [2.05, 4.69) is 0 Å². The standard InChI is InChI=1S/C3H5NO2S/c5-3-1-7-2-4(3)6/h1,5-6H,2H2. The van der Waals surface area contributed by atoms with Crippen molar-refractivity contribution in [2.24, 2.45) is 0 Å². The van der Waals surface area contributed by atoms with Crippen molar-refractivity contribution >= 4 is 11.8 Å². The summed E-state index contributed by atoms with van der Waals surface area (Å²) in [4.78, 5) is 0. The molecule has 0 aliphatic carbocycles. The summed E-state index contributed by atoms with van der Waals surface area (Å²) in [6, 6.07) is 0. The van der Waals surface area contributed by atoms with Crippen molar-refractivity contribution in [1.29, 1.82) is 0 Å². The first-order chi connectivity index (χ1) is 3.30. The molecule has 4 heteroatoms. The van der Waals surface area contributed by atoms with E-state index in [1.54, 1.807) is 0 Å². The van der Waals surface area contributed by atoms with Crippen LogP contribution >= 0.6 is 11.8 Å². The van der Waals surface area contributed by atoms with Crippen molar-refractivity contribution in [1.82, 2.24) is 5.06 Å². The van der Waals surface area contributed by atoms with Crippen LogP contribution in [0.2, 0.25) is 0 Å². The molecule has 0 aromatic carbocycles. The van der Waals surface area contributed by atoms with Crippen LogP contribution in [0.5, 0.6) is 0 Å². The van der Waals surface area contributed by atoms with Crippen LogP contribution in [0.15, 0.2) is 11.3 Å². The highest BCUT2D eigenvalue weighted by molar-refractivity contribution is 8.02. The van der Waals surface area contributed by atoms with Crippen LogP contribution in [0.4, 0.5) is 0 Å². The maximum Gasteiger partial charge on any atom is 0.218 e. The van der Waals surface area contributed by atoms with Crippen LogP contribution in [0.25, 0.3) is 0 Å². The lowest BCUT2D eigenvalue weighted by molar-refractivity contribution is -0.0711. The van der Waals surface area contributed by atoms with Gasteiger partial charge in [0.05, 0.1) is 5.88 Å². The Labute approximate surface area is 45.2 Å². The van der Waals surface area contributed by atoms with Crippen LogP contribution in [0, 0.1) is 0 Å². The van der Waals surface area contributed by atoms with E-state index in [9.17, 15) is 0 Å². The molecule has 0 atom stereocenters. The van der Waals surface area contributed by atoms with Gasteiger partial charge in [0.1, 0.15) is 0 Å². The van der Waals surface area contributed by atoms with E-state index in [1.165, 1.54) is 17.2 Å². The molecule has 0 aromatic rings. The van der Waals surface area contributed by atoms with Gasteiger partial charge in [-0.25, -0.2) is 5.06 Å². The average Bonchev–Trinajstić information content (AvgIpc) is 1.91. The van der Waals surface area contributed by atoms with Crippen molar-refractivity contribution in [3.05, 3.63) is 11.3 Å². The molecule has 7 heavy (non-hydrogen) atoms. The van der Waals surface area contributed by atoms with Gasteiger partial charge in [-0.15, -0.1) is 11.8 Å². The number of hydrogen-bond donors (Lipinski definition) is 2. The number of aliphatic hydroxyl groups excluding tert-OH is 1. The van der Waals surface area contributed by atoms with Crippen LogP contribution in [0.1, 0.15) is 0 Å². The molecule has 0 unspecified atom stereocenters. The second-order valence-corrected chi connectivity index (χ2v) is 2.00. The molecule has 1 heterocycles. The van der Waals surface area contributed by atoms with E-state index in [0.717, 1.165) is 5.06 Å². The molecule has 1 aliphatic heterocycles. The second kappa shape index (κ2) is 1.63. The predicted molar refractivity (Wildman–Crippen MR) is 26.8 cm³/mol. The predicted octanol–water partition coefficient (Wildman–Crippen LogP) is 0.739. The molecular formula is C3H5NO2S. The second-order valence-electron chi connectivity index (χ2n) is 1.17. The molecule has 0 amide bonds. The van der Waals surface area contributed by atoms with Crippen LogP contribution in [-0.4, -0.2) is 21.3 Å². The Morgan fingerprint density at radius 1 is 1.86 bits per heavy atom. The summed E-state index contributed by atoms with van der Waals surface area (Å²) >= 11 is 1.35. The topological polar surface area (TPSA) is 43.7 Å². The van der Waals surface area contributed by atoms with Gasteiger partial charge in [0, 0.05) is 5.41 Å². The van der Waals surface area contributed by atoms with Crippen LogP contribution in [-0.2, 0) is 0 Å². The zero-order chi connectivity index (χ0) is 5.28. The molecule has 0 saturated carbocycles. The number of nitrogens with zero attached hydrogens (tertiary/aromatic N) is 1. The first-order valence-electron chi connectivity index (χ1n) is 1.78. The van der Waals surface area contributed by atoms with Gasteiger partial charge in [-0.3, -0.25) is 5.21 Å². The monoisotopic (exact) mass is 119 g/mol. The molecule has 3 nitrogen and oxygen atoms in total. The molecule has 0 radical (unpaired) electrons. The fraction of sp³-hybridized carbons (Fsp3) is 0.333. The normalized spacial score (nSPS) is 20.1. The maximum atomic E-state index is 8.51. The van der Waals surface area contributed by atoms with Gasteiger partial charge in [-0.2, -0.15) is 0 Å². The highest BCUT2D eigenvalue weighted by atomic mass is 32.2. The summed E-state index contributed by atoms with van der Waals surface area (Å²) in [5.41, 5.74) is 0. The van der Waals surface area contributed by atoms with Gasteiger partial charge in [0.25, 0.3) is 0 Å². The van der Waals surface area contributed by atoms with E-state index in [1.807, 2.05) is 0 Å². The van der Waals surface area contributed by atoms with Crippen LogP contribution in [0.3, 0.4) is 0 Å². The summed E-state index contributed by atoms with van der Waals surface area (Å²) in [7, 11) is 0. The molecule has 1 rings (SSSR count). The molecule has 0 fully saturated rings. The lowest BCUT2D eigenvalue weighted by atomic mass is 10.9. The summed E-state index contributed by atoms with van der Waals surface area (Å²) in [6.07, 6.45) is 0. The first-order valence-corrected chi connectivity index (χ1v) is 2.83. The van der Waals surface area contributed by atoms with Gasteiger partial charge >= 0.3 is 0 Å². The fourth-order valence-corrected chi connectivity index (χ4v) is 0.928. The van der Waals surface area contributed by atoms with E-state index in [0.29, 0.717) is 5.88 Å². The van der Waals surface area contributed by atoms with Crippen molar-refractivity contribution in [2.45, 2.75) is 0 Å². The Kier molecular flexibility index (Phi) is 1.12.